The van der Waals surface area contributed by atoms with Crippen LogP contribution in [0.5, 0.6) is 5.75 Å². The molecule has 1 aromatic rings. The number of aromatic nitrogens is 1. The molecule has 0 aromatic carbocycles. The van der Waals surface area contributed by atoms with E-state index in [0.29, 0.717) is 6.04 Å². The molecule has 1 aliphatic heterocycles. The van der Waals surface area contributed by atoms with E-state index in [1.807, 2.05) is 18.3 Å². The third-order valence-corrected chi connectivity index (χ3v) is 4.40. The molecule has 2 aliphatic rings. The fourth-order valence-electron chi connectivity index (χ4n) is 3.07. The van der Waals surface area contributed by atoms with Crippen molar-refractivity contribution < 1.29 is 4.74 Å². The third kappa shape index (κ3) is 4.90. The van der Waals surface area contributed by atoms with Crippen LogP contribution in [-0.4, -0.2) is 23.8 Å². The molecule has 0 spiro atoms. The Morgan fingerprint density at radius 3 is 2.61 bits per heavy atom. The van der Waals surface area contributed by atoms with E-state index in [9.17, 15) is 0 Å². The van der Waals surface area contributed by atoms with Gasteiger partial charge in [-0.25, -0.2) is 4.99 Å². The van der Waals surface area contributed by atoms with Gasteiger partial charge in [0.1, 0.15) is 5.75 Å². The van der Waals surface area contributed by atoms with Gasteiger partial charge in [0, 0.05) is 24.5 Å². The predicted octanol–water partition coefficient (Wildman–Crippen LogP) is 4.35. The van der Waals surface area contributed by atoms with E-state index in [1.165, 1.54) is 44.9 Å². The van der Waals surface area contributed by atoms with Gasteiger partial charge >= 0.3 is 0 Å². The van der Waals surface area contributed by atoms with Gasteiger partial charge in [0.25, 0.3) is 0 Å². The molecule has 0 radical (unpaired) electrons. The highest BCUT2D eigenvalue weighted by Gasteiger charge is 2.12. The Bertz CT molecular complexity index is 581. The van der Waals surface area contributed by atoms with Crippen molar-refractivity contribution in [2.75, 3.05) is 7.11 Å². The van der Waals surface area contributed by atoms with Crippen molar-refractivity contribution in [2.45, 2.75) is 51.0 Å². The van der Waals surface area contributed by atoms with Gasteiger partial charge in [-0.1, -0.05) is 32.1 Å². The van der Waals surface area contributed by atoms with E-state index < -0.39 is 0 Å². The number of nitrogens with one attached hydrogen (secondary N) is 2. The molecule has 0 bridgehead atoms. The minimum absolute atomic E-state index is 0. The van der Waals surface area contributed by atoms with Gasteiger partial charge in [-0.15, -0.1) is 12.4 Å². The van der Waals surface area contributed by atoms with Crippen LogP contribution in [0.15, 0.2) is 41.3 Å². The Balaban J connectivity index is 0.00000192. The van der Waals surface area contributed by atoms with Crippen LogP contribution in [-0.2, 0) is 0 Å². The summed E-state index contributed by atoms with van der Waals surface area (Å²) in [5, 5.41) is 3.56. The molecular weight excluding hydrogens is 310 g/mol. The summed E-state index contributed by atoms with van der Waals surface area (Å²) in [7, 11) is 1.67. The smallest absolute Gasteiger partial charge is 0.136 e. The van der Waals surface area contributed by atoms with Crippen molar-refractivity contribution in [1.82, 2.24) is 10.3 Å². The number of allylic oxidation sites excluding steroid dienone is 2. The summed E-state index contributed by atoms with van der Waals surface area (Å²) in [4.78, 5) is 7.83. The van der Waals surface area contributed by atoms with E-state index in [2.05, 4.69) is 27.6 Å². The molecule has 0 amide bonds. The Hall–Kier alpha value is -1.68. The lowest BCUT2D eigenvalue weighted by molar-refractivity contribution is 0.415. The van der Waals surface area contributed by atoms with Gasteiger partial charge in [-0.05, 0) is 25.0 Å². The SMILES string of the molecule is COc1c[nH]c(C2=NC(=CNC3CCCCCCC3)C=C2)c1.Cl. The standard InChI is InChI=1S/C18H25N3O.ClH/c1-22-16-11-18(20-13-16)17-10-9-15(21-17)12-19-14-7-5-3-2-4-6-8-14;/h9-14,19-20H,2-8H2,1H3;1H. The number of H-pyrrole nitrogens is 1. The number of rotatable bonds is 4. The minimum atomic E-state index is 0. The molecule has 23 heavy (non-hydrogen) atoms. The first-order chi connectivity index (χ1) is 10.8. The number of hydrogen-bond donors (Lipinski definition) is 2. The van der Waals surface area contributed by atoms with E-state index in [1.54, 1.807) is 7.11 Å². The summed E-state index contributed by atoms with van der Waals surface area (Å²) in [6, 6.07) is 2.57. The summed E-state index contributed by atoms with van der Waals surface area (Å²) in [5.74, 6) is 0.830. The molecular formula is C18H26ClN3O. The van der Waals surface area contributed by atoms with E-state index >= 15 is 0 Å². The molecule has 2 heterocycles. The second-order valence-corrected chi connectivity index (χ2v) is 6.06. The van der Waals surface area contributed by atoms with Gasteiger partial charge in [0.15, 0.2) is 0 Å². The number of ether oxygens (including phenoxy) is 1. The summed E-state index contributed by atoms with van der Waals surface area (Å²) < 4.78 is 5.19. The van der Waals surface area contributed by atoms with Gasteiger partial charge in [-0.3, -0.25) is 0 Å². The van der Waals surface area contributed by atoms with E-state index in [4.69, 9.17) is 4.74 Å². The van der Waals surface area contributed by atoms with Crippen LogP contribution in [0.1, 0.15) is 50.6 Å². The van der Waals surface area contributed by atoms with Gasteiger partial charge < -0.3 is 15.0 Å². The number of aromatic amines is 1. The zero-order chi connectivity index (χ0) is 15.2. The molecule has 1 aromatic heterocycles. The lowest BCUT2D eigenvalue weighted by Gasteiger charge is -2.19. The first-order valence-corrected chi connectivity index (χ1v) is 8.31. The van der Waals surface area contributed by atoms with Crippen LogP contribution in [0.4, 0.5) is 0 Å². The number of halogens is 1. The quantitative estimate of drug-likeness (QED) is 0.859. The zero-order valence-electron chi connectivity index (χ0n) is 13.7. The van der Waals surface area contributed by atoms with Crippen molar-refractivity contribution in [3.05, 3.63) is 42.0 Å². The number of aliphatic imine (C=N–C) groups is 1. The molecule has 0 atom stereocenters. The fourth-order valence-corrected chi connectivity index (χ4v) is 3.07. The van der Waals surface area contributed by atoms with Crippen LogP contribution < -0.4 is 10.1 Å². The Morgan fingerprint density at radius 2 is 1.91 bits per heavy atom. The molecule has 3 rings (SSSR count). The maximum absolute atomic E-state index is 5.19. The molecule has 5 heteroatoms. The normalized spacial score (nSPS) is 20.6. The highest BCUT2D eigenvalue weighted by Crippen LogP contribution is 2.19. The monoisotopic (exact) mass is 335 g/mol. The summed E-state index contributed by atoms with van der Waals surface area (Å²) in [6.07, 6.45) is 17.4. The van der Waals surface area contributed by atoms with Crippen LogP contribution >= 0.6 is 12.4 Å². The molecule has 2 N–H and O–H groups in total. The highest BCUT2D eigenvalue weighted by molar-refractivity contribution is 6.10. The second kappa shape index (κ2) is 8.82. The lowest BCUT2D eigenvalue weighted by atomic mass is 9.97. The molecule has 4 nitrogen and oxygen atoms in total. The van der Waals surface area contributed by atoms with Gasteiger partial charge in [-0.2, -0.15) is 0 Å². The largest absolute Gasteiger partial charge is 0.495 e. The van der Waals surface area contributed by atoms with Crippen LogP contribution in [0.25, 0.3) is 0 Å². The maximum atomic E-state index is 5.19. The van der Waals surface area contributed by atoms with Gasteiger partial charge in [0.2, 0.25) is 0 Å². The van der Waals surface area contributed by atoms with Crippen molar-refractivity contribution in [3.8, 4) is 5.75 Å². The number of nitrogens with zero attached hydrogens (tertiary/aromatic N) is 1. The van der Waals surface area contributed by atoms with E-state index in [0.717, 1.165) is 22.9 Å². The third-order valence-electron chi connectivity index (χ3n) is 4.40. The molecule has 1 fully saturated rings. The molecule has 126 valence electrons. The molecule has 1 saturated carbocycles. The summed E-state index contributed by atoms with van der Waals surface area (Å²) >= 11 is 0. The van der Waals surface area contributed by atoms with Crippen molar-refractivity contribution in [2.24, 2.45) is 4.99 Å². The van der Waals surface area contributed by atoms with Crippen LogP contribution in [0.2, 0.25) is 0 Å². The highest BCUT2D eigenvalue weighted by atomic mass is 35.5. The van der Waals surface area contributed by atoms with E-state index in [-0.39, 0.29) is 12.4 Å². The molecule has 0 unspecified atom stereocenters. The molecule has 1 aliphatic carbocycles. The number of methoxy groups -OCH3 is 1. The Kier molecular flexibility index (Phi) is 6.78. The first-order valence-electron chi connectivity index (χ1n) is 8.31. The summed E-state index contributed by atoms with van der Waals surface area (Å²) in [6.45, 7) is 0. The first kappa shape index (κ1) is 17.7. The Labute approximate surface area is 144 Å². The van der Waals surface area contributed by atoms with Crippen LogP contribution in [0.3, 0.4) is 0 Å². The second-order valence-electron chi connectivity index (χ2n) is 6.06. The van der Waals surface area contributed by atoms with Crippen molar-refractivity contribution in [1.29, 1.82) is 0 Å². The zero-order valence-corrected chi connectivity index (χ0v) is 14.5. The van der Waals surface area contributed by atoms with Crippen molar-refractivity contribution in [3.63, 3.8) is 0 Å². The van der Waals surface area contributed by atoms with Crippen LogP contribution in [0, 0.1) is 0 Å². The maximum Gasteiger partial charge on any atom is 0.136 e. The average molecular weight is 336 g/mol. The van der Waals surface area contributed by atoms with Gasteiger partial charge in [0.05, 0.1) is 24.2 Å². The fraction of sp³-hybridized carbons (Fsp3) is 0.500. The number of hydrogen-bond acceptors (Lipinski definition) is 3. The predicted molar refractivity (Wildman–Crippen MR) is 97.6 cm³/mol. The Morgan fingerprint density at radius 1 is 1.17 bits per heavy atom. The lowest BCUT2D eigenvalue weighted by Crippen LogP contribution is -2.25. The average Bonchev–Trinajstić information content (AvgIpc) is 3.15. The minimum Gasteiger partial charge on any atom is -0.495 e. The van der Waals surface area contributed by atoms with Crippen molar-refractivity contribution >= 4 is 18.1 Å². The molecule has 0 saturated heterocycles. The topological polar surface area (TPSA) is 49.4 Å². The summed E-state index contributed by atoms with van der Waals surface area (Å²) in [5.41, 5.74) is 2.93.